The lowest BCUT2D eigenvalue weighted by atomic mass is 9.95. The standard InChI is InChI=1S/C17H18F2/c1-11-5-12(2)8-15(7-11)17(18,19)16-9-13(3)6-14(4)10-16/h5-10H,1-4H3. The van der Waals surface area contributed by atoms with Crippen LogP contribution in [-0.4, -0.2) is 0 Å². The van der Waals surface area contributed by atoms with E-state index in [1.807, 2.05) is 39.8 Å². The second-order valence-corrected chi connectivity index (χ2v) is 5.33. The largest absolute Gasteiger partial charge is 0.298 e. The molecule has 0 atom stereocenters. The molecule has 0 radical (unpaired) electrons. The van der Waals surface area contributed by atoms with Gasteiger partial charge in [0.1, 0.15) is 0 Å². The fraction of sp³-hybridized carbons (Fsp3) is 0.294. The molecule has 0 saturated heterocycles. The number of benzene rings is 2. The first kappa shape index (κ1) is 13.7. The van der Waals surface area contributed by atoms with Gasteiger partial charge in [0.05, 0.1) is 0 Å². The van der Waals surface area contributed by atoms with Crippen LogP contribution in [-0.2, 0) is 5.92 Å². The van der Waals surface area contributed by atoms with Gasteiger partial charge in [-0.05, 0) is 52.0 Å². The lowest BCUT2D eigenvalue weighted by molar-refractivity contribution is 0.0426. The van der Waals surface area contributed by atoms with Crippen LogP contribution in [0.25, 0.3) is 0 Å². The number of alkyl halides is 2. The normalized spacial score (nSPS) is 11.7. The molecule has 0 heterocycles. The van der Waals surface area contributed by atoms with Crippen LogP contribution in [0.3, 0.4) is 0 Å². The Hall–Kier alpha value is -1.70. The van der Waals surface area contributed by atoms with Crippen LogP contribution in [0, 0.1) is 27.7 Å². The van der Waals surface area contributed by atoms with Crippen LogP contribution in [0.2, 0.25) is 0 Å². The summed E-state index contributed by atoms with van der Waals surface area (Å²) in [6.07, 6.45) is 0. The van der Waals surface area contributed by atoms with E-state index in [2.05, 4.69) is 0 Å². The zero-order chi connectivity index (χ0) is 14.2. The van der Waals surface area contributed by atoms with Crippen molar-refractivity contribution >= 4 is 0 Å². The zero-order valence-electron chi connectivity index (χ0n) is 11.7. The fourth-order valence-corrected chi connectivity index (χ4v) is 2.48. The fourth-order valence-electron chi connectivity index (χ4n) is 2.48. The first-order valence-electron chi connectivity index (χ1n) is 6.34. The third-order valence-corrected chi connectivity index (χ3v) is 3.17. The molecular weight excluding hydrogens is 242 g/mol. The maximum atomic E-state index is 14.6. The average molecular weight is 260 g/mol. The van der Waals surface area contributed by atoms with Gasteiger partial charge in [0.2, 0.25) is 0 Å². The third kappa shape index (κ3) is 2.83. The van der Waals surface area contributed by atoms with Crippen LogP contribution >= 0.6 is 0 Å². The zero-order valence-corrected chi connectivity index (χ0v) is 11.7. The van der Waals surface area contributed by atoms with Gasteiger partial charge in [0, 0.05) is 11.1 Å². The van der Waals surface area contributed by atoms with Crippen molar-refractivity contribution in [3.05, 3.63) is 69.8 Å². The Bertz CT molecular complexity index is 519. The molecule has 0 aliphatic heterocycles. The van der Waals surface area contributed by atoms with E-state index < -0.39 is 5.92 Å². The summed E-state index contributed by atoms with van der Waals surface area (Å²) in [4.78, 5) is 0. The molecule has 2 rings (SSSR count). The molecule has 0 unspecified atom stereocenters. The van der Waals surface area contributed by atoms with E-state index in [1.54, 1.807) is 24.3 Å². The predicted molar refractivity (Wildman–Crippen MR) is 74.8 cm³/mol. The molecule has 100 valence electrons. The Balaban J connectivity index is 2.57. The van der Waals surface area contributed by atoms with Gasteiger partial charge in [0.25, 0.3) is 5.92 Å². The molecule has 19 heavy (non-hydrogen) atoms. The highest BCUT2D eigenvalue weighted by Gasteiger charge is 2.34. The summed E-state index contributed by atoms with van der Waals surface area (Å²) in [5, 5.41) is 0. The monoisotopic (exact) mass is 260 g/mol. The van der Waals surface area contributed by atoms with E-state index in [4.69, 9.17) is 0 Å². The maximum Gasteiger partial charge on any atom is 0.298 e. The summed E-state index contributed by atoms with van der Waals surface area (Å²) in [6, 6.07) is 10.0. The maximum absolute atomic E-state index is 14.6. The molecule has 0 bridgehead atoms. The van der Waals surface area contributed by atoms with Crippen LogP contribution < -0.4 is 0 Å². The molecule has 0 aliphatic rings. The van der Waals surface area contributed by atoms with Crippen LogP contribution in [0.1, 0.15) is 33.4 Å². The van der Waals surface area contributed by atoms with E-state index in [-0.39, 0.29) is 11.1 Å². The molecule has 0 nitrogen and oxygen atoms in total. The highest BCUT2D eigenvalue weighted by Crippen LogP contribution is 2.37. The number of rotatable bonds is 2. The lowest BCUT2D eigenvalue weighted by Crippen LogP contribution is -2.16. The molecule has 0 amide bonds. The van der Waals surface area contributed by atoms with Crippen LogP contribution in [0.5, 0.6) is 0 Å². The van der Waals surface area contributed by atoms with E-state index in [0.717, 1.165) is 22.3 Å². The first-order valence-corrected chi connectivity index (χ1v) is 6.34. The lowest BCUT2D eigenvalue weighted by Gasteiger charge is -2.19. The van der Waals surface area contributed by atoms with E-state index in [1.165, 1.54) is 0 Å². The quantitative estimate of drug-likeness (QED) is 0.708. The van der Waals surface area contributed by atoms with Crippen LogP contribution in [0.4, 0.5) is 8.78 Å². The Labute approximate surface area is 113 Å². The van der Waals surface area contributed by atoms with Gasteiger partial charge in [-0.2, -0.15) is 8.78 Å². The van der Waals surface area contributed by atoms with Gasteiger partial charge in [-0.3, -0.25) is 0 Å². The Morgan fingerprint density at radius 1 is 0.579 bits per heavy atom. The third-order valence-electron chi connectivity index (χ3n) is 3.17. The predicted octanol–water partition coefficient (Wildman–Crippen LogP) is 5.06. The molecule has 2 aromatic carbocycles. The van der Waals surface area contributed by atoms with Crippen molar-refractivity contribution < 1.29 is 8.78 Å². The van der Waals surface area contributed by atoms with E-state index in [0.29, 0.717) is 0 Å². The molecule has 0 fully saturated rings. The molecule has 0 aliphatic carbocycles. The summed E-state index contributed by atoms with van der Waals surface area (Å²) < 4.78 is 29.2. The summed E-state index contributed by atoms with van der Waals surface area (Å²) in [5.41, 5.74) is 3.57. The van der Waals surface area contributed by atoms with Gasteiger partial charge < -0.3 is 0 Å². The number of hydrogen-bond donors (Lipinski definition) is 0. The van der Waals surface area contributed by atoms with Crippen molar-refractivity contribution in [3.8, 4) is 0 Å². The van der Waals surface area contributed by atoms with Gasteiger partial charge in [-0.15, -0.1) is 0 Å². The smallest absolute Gasteiger partial charge is 0.196 e. The van der Waals surface area contributed by atoms with Crippen LogP contribution in [0.15, 0.2) is 36.4 Å². The van der Waals surface area contributed by atoms with Gasteiger partial charge in [-0.25, -0.2) is 0 Å². The Morgan fingerprint density at radius 3 is 1.11 bits per heavy atom. The minimum Gasteiger partial charge on any atom is -0.196 e. The highest BCUT2D eigenvalue weighted by molar-refractivity contribution is 5.40. The highest BCUT2D eigenvalue weighted by atomic mass is 19.3. The van der Waals surface area contributed by atoms with Crippen molar-refractivity contribution in [1.29, 1.82) is 0 Å². The Kier molecular flexibility index (Phi) is 3.44. The molecule has 0 spiro atoms. The second-order valence-electron chi connectivity index (χ2n) is 5.33. The topological polar surface area (TPSA) is 0 Å². The molecule has 2 aromatic rings. The molecule has 2 heteroatoms. The molecular formula is C17H18F2. The van der Waals surface area contributed by atoms with E-state index >= 15 is 0 Å². The van der Waals surface area contributed by atoms with Crippen molar-refractivity contribution in [2.24, 2.45) is 0 Å². The number of hydrogen-bond acceptors (Lipinski definition) is 0. The summed E-state index contributed by atoms with van der Waals surface area (Å²) >= 11 is 0. The average Bonchev–Trinajstić information content (AvgIpc) is 2.26. The van der Waals surface area contributed by atoms with Gasteiger partial charge >= 0.3 is 0 Å². The van der Waals surface area contributed by atoms with Gasteiger partial charge in [-0.1, -0.05) is 34.4 Å². The van der Waals surface area contributed by atoms with Crippen molar-refractivity contribution in [3.63, 3.8) is 0 Å². The molecule has 0 saturated carbocycles. The summed E-state index contributed by atoms with van der Waals surface area (Å²) in [5.74, 6) is -2.95. The van der Waals surface area contributed by atoms with Gasteiger partial charge in [0.15, 0.2) is 0 Å². The molecule has 0 aromatic heterocycles. The minimum absolute atomic E-state index is 0.0648. The second kappa shape index (κ2) is 4.76. The first-order chi connectivity index (χ1) is 8.79. The van der Waals surface area contributed by atoms with Crippen molar-refractivity contribution in [2.45, 2.75) is 33.6 Å². The SMILES string of the molecule is Cc1cc(C)cc(C(F)(F)c2cc(C)cc(C)c2)c1. The van der Waals surface area contributed by atoms with E-state index in [9.17, 15) is 8.78 Å². The Morgan fingerprint density at radius 2 is 0.842 bits per heavy atom. The summed E-state index contributed by atoms with van der Waals surface area (Å²) in [6.45, 7) is 7.37. The number of aryl methyl sites for hydroxylation is 4. The van der Waals surface area contributed by atoms with Crippen molar-refractivity contribution in [1.82, 2.24) is 0 Å². The summed E-state index contributed by atoms with van der Waals surface area (Å²) in [7, 11) is 0. The van der Waals surface area contributed by atoms with Crippen molar-refractivity contribution in [2.75, 3.05) is 0 Å². The molecule has 0 N–H and O–H groups in total. The minimum atomic E-state index is -2.95. The number of halogens is 2.